The Morgan fingerprint density at radius 1 is 0.800 bits per heavy atom. The van der Waals surface area contributed by atoms with Gasteiger partial charge in [0.2, 0.25) is 0 Å². The van der Waals surface area contributed by atoms with E-state index in [4.69, 9.17) is 5.11 Å². The van der Waals surface area contributed by atoms with Crippen LogP contribution in [0.25, 0.3) is 0 Å². The molecule has 0 aliphatic carbocycles. The monoisotopic (exact) mass is 416 g/mol. The molecule has 0 saturated carbocycles. The van der Waals surface area contributed by atoms with Gasteiger partial charge in [0.15, 0.2) is 0 Å². The Hall–Kier alpha value is -1.97. The van der Waals surface area contributed by atoms with Gasteiger partial charge in [0.25, 0.3) is 0 Å². The molecule has 170 valence electrons. The molecule has 30 heavy (non-hydrogen) atoms. The summed E-state index contributed by atoms with van der Waals surface area (Å²) >= 11 is 0. The molecular formula is C26H44N2O2. The first-order valence-corrected chi connectivity index (χ1v) is 12.0. The Labute approximate surface area is 185 Å². The summed E-state index contributed by atoms with van der Waals surface area (Å²) in [5, 5.41) is 8.38. The average molecular weight is 417 g/mol. The van der Waals surface area contributed by atoms with Crippen LogP contribution in [0.3, 0.4) is 0 Å². The summed E-state index contributed by atoms with van der Waals surface area (Å²) in [5.41, 5.74) is 0.331. The molecule has 0 radical (unpaired) electrons. The molecule has 0 aromatic heterocycles. The summed E-state index contributed by atoms with van der Waals surface area (Å²) in [5.74, 6) is -0.879. The topological polar surface area (TPSA) is 43.8 Å². The molecule has 0 atom stereocenters. The second-order valence-electron chi connectivity index (χ2n) is 8.42. The van der Waals surface area contributed by atoms with Gasteiger partial charge in [0.05, 0.1) is 12.2 Å². The van der Waals surface area contributed by atoms with Crippen molar-refractivity contribution in [3.8, 4) is 0 Å². The standard InChI is InChI=1S/C19H38N2.C7H6O2/c1-3-4-5-6-7-8-9-10-11-12-13-14-15-16-21-18-17-20(2)19-21;8-7(9)6-4-2-1-3-5-6/h17-18H,3-16,19H2,1-2H3;1-5H,(H,8,9). The Kier molecular flexibility index (Phi) is 15.5. The normalized spacial score (nSPS) is 12.7. The minimum absolute atomic E-state index is 0.331. The van der Waals surface area contributed by atoms with E-state index in [2.05, 4.69) is 36.2 Å². The van der Waals surface area contributed by atoms with Gasteiger partial charge in [0.1, 0.15) is 0 Å². The highest BCUT2D eigenvalue weighted by Crippen LogP contribution is 2.13. The molecule has 0 bridgehead atoms. The number of aromatic carboxylic acids is 1. The van der Waals surface area contributed by atoms with Crippen LogP contribution in [0.1, 0.15) is 101 Å². The zero-order valence-corrected chi connectivity index (χ0v) is 19.4. The van der Waals surface area contributed by atoms with Crippen molar-refractivity contribution in [3.05, 3.63) is 48.3 Å². The van der Waals surface area contributed by atoms with Crippen LogP contribution in [0.4, 0.5) is 0 Å². The molecule has 2 rings (SSSR count). The lowest BCUT2D eigenvalue weighted by Gasteiger charge is -2.17. The molecule has 0 unspecified atom stereocenters. The van der Waals surface area contributed by atoms with Gasteiger partial charge in [-0.2, -0.15) is 0 Å². The summed E-state index contributed by atoms with van der Waals surface area (Å²) in [4.78, 5) is 14.9. The van der Waals surface area contributed by atoms with E-state index < -0.39 is 5.97 Å². The summed E-state index contributed by atoms with van der Waals surface area (Å²) < 4.78 is 0. The zero-order valence-electron chi connectivity index (χ0n) is 19.4. The number of rotatable bonds is 15. The summed E-state index contributed by atoms with van der Waals surface area (Å²) in [7, 11) is 2.14. The van der Waals surface area contributed by atoms with E-state index in [9.17, 15) is 4.79 Å². The number of carbonyl (C=O) groups is 1. The molecule has 1 aromatic carbocycles. The van der Waals surface area contributed by atoms with Gasteiger partial charge < -0.3 is 14.9 Å². The van der Waals surface area contributed by atoms with Crippen LogP contribution in [-0.4, -0.2) is 41.1 Å². The van der Waals surface area contributed by atoms with Crippen molar-refractivity contribution in [1.82, 2.24) is 9.80 Å². The minimum Gasteiger partial charge on any atom is -0.478 e. The van der Waals surface area contributed by atoms with E-state index in [1.807, 2.05) is 0 Å². The molecule has 1 N–H and O–H groups in total. The summed E-state index contributed by atoms with van der Waals surface area (Å²) in [6.07, 6.45) is 23.1. The molecule has 0 spiro atoms. The Bertz CT molecular complexity index is 559. The highest BCUT2D eigenvalue weighted by Gasteiger charge is 2.06. The summed E-state index contributed by atoms with van der Waals surface area (Å²) in [6.45, 7) is 4.61. The third-order valence-electron chi connectivity index (χ3n) is 5.51. The van der Waals surface area contributed by atoms with Crippen LogP contribution in [0.15, 0.2) is 42.7 Å². The quantitative estimate of drug-likeness (QED) is 0.309. The van der Waals surface area contributed by atoms with Gasteiger partial charge >= 0.3 is 5.97 Å². The number of unbranched alkanes of at least 4 members (excludes halogenated alkanes) is 12. The van der Waals surface area contributed by atoms with E-state index in [0.29, 0.717) is 5.56 Å². The molecule has 1 heterocycles. The largest absolute Gasteiger partial charge is 0.478 e. The highest BCUT2D eigenvalue weighted by atomic mass is 16.4. The summed E-state index contributed by atoms with van der Waals surface area (Å²) in [6, 6.07) is 8.30. The van der Waals surface area contributed by atoms with Crippen molar-refractivity contribution >= 4 is 5.97 Å². The highest BCUT2D eigenvalue weighted by molar-refractivity contribution is 5.87. The van der Waals surface area contributed by atoms with Crippen molar-refractivity contribution in [2.45, 2.75) is 90.4 Å². The smallest absolute Gasteiger partial charge is 0.335 e. The van der Waals surface area contributed by atoms with Gasteiger partial charge in [-0.3, -0.25) is 0 Å². The second-order valence-corrected chi connectivity index (χ2v) is 8.42. The van der Waals surface area contributed by atoms with Crippen molar-refractivity contribution in [2.24, 2.45) is 0 Å². The third-order valence-corrected chi connectivity index (χ3v) is 5.51. The van der Waals surface area contributed by atoms with Crippen molar-refractivity contribution in [2.75, 3.05) is 20.3 Å². The van der Waals surface area contributed by atoms with Crippen LogP contribution in [-0.2, 0) is 0 Å². The number of hydrogen-bond acceptors (Lipinski definition) is 3. The van der Waals surface area contributed by atoms with E-state index in [-0.39, 0.29) is 0 Å². The van der Waals surface area contributed by atoms with E-state index in [1.165, 1.54) is 90.0 Å². The van der Waals surface area contributed by atoms with Crippen molar-refractivity contribution in [1.29, 1.82) is 0 Å². The van der Waals surface area contributed by atoms with Gasteiger partial charge in [-0.15, -0.1) is 0 Å². The van der Waals surface area contributed by atoms with Gasteiger partial charge in [-0.05, 0) is 18.6 Å². The maximum Gasteiger partial charge on any atom is 0.335 e. The van der Waals surface area contributed by atoms with E-state index in [1.54, 1.807) is 30.3 Å². The molecule has 0 amide bonds. The first-order chi connectivity index (χ1) is 14.6. The number of benzene rings is 1. The lowest BCUT2D eigenvalue weighted by atomic mass is 10.0. The van der Waals surface area contributed by atoms with Gasteiger partial charge in [-0.1, -0.05) is 102 Å². The fourth-order valence-corrected chi connectivity index (χ4v) is 3.65. The number of hydrogen-bond donors (Lipinski definition) is 1. The maximum absolute atomic E-state index is 10.2. The Morgan fingerprint density at radius 2 is 1.30 bits per heavy atom. The minimum atomic E-state index is -0.879. The SMILES string of the molecule is CCCCCCCCCCCCCCCN1C=CN(C)C1.O=C(O)c1ccccc1. The van der Waals surface area contributed by atoms with Crippen molar-refractivity contribution < 1.29 is 9.90 Å². The van der Waals surface area contributed by atoms with Crippen LogP contribution < -0.4 is 0 Å². The molecule has 4 nitrogen and oxygen atoms in total. The molecule has 0 fully saturated rings. The fourth-order valence-electron chi connectivity index (χ4n) is 3.65. The predicted molar refractivity (Wildman–Crippen MR) is 128 cm³/mol. The number of carboxylic acids is 1. The van der Waals surface area contributed by atoms with Gasteiger partial charge in [0, 0.05) is 26.0 Å². The lowest BCUT2D eigenvalue weighted by molar-refractivity contribution is 0.0697. The van der Waals surface area contributed by atoms with Crippen LogP contribution in [0.5, 0.6) is 0 Å². The molecule has 4 heteroatoms. The first kappa shape index (κ1) is 26.1. The maximum atomic E-state index is 10.2. The van der Waals surface area contributed by atoms with Crippen LogP contribution >= 0.6 is 0 Å². The lowest BCUT2D eigenvalue weighted by Crippen LogP contribution is -2.23. The Morgan fingerprint density at radius 3 is 1.70 bits per heavy atom. The van der Waals surface area contributed by atoms with E-state index in [0.717, 1.165) is 6.67 Å². The number of nitrogens with zero attached hydrogens (tertiary/aromatic N) is 2. The Balaban J connectivity index is 0.000000414. The zero-order chi connectivity index (χ0) is 21.9. The first-order valence-electron chi connectivity index (χ1n) is 12.0. The van der Waals surface area contributed by atoms with E-state index >= 15 is 0 Å². The van der Waals surface area contributed by atoms with Crippen LogP contribution in [0, 0.1) is 0 Å². The predicted octanol–water partition coefficient (Wildman–Crippen LogP) is 7.14. The molecule has 1 aliphatic rings. The molecule has 1 aliphatic heterocycles. The van der Waals surface area contributed by atoms with Crippen molar-refractivity contribution in [3.63, 3.8) is 0 Å². The fraction of sp³-hybridized carbons (Fsp3) is 0.654. The number of carboxylic acid groups (broad SMARTS) is 1. The molecule has 0 saturated heterocycles. The second kappa shape index (κ2) is 17.9. The third kappa shape index (κ3) is 14.1. The molecular weight excluding hydrogens is 372 g/mol. The molecule has 1 aromatic rings. The van der Waals surface area contributed by atoms with Crippen LogP contribution in [0.2, 0.25) is 0 Å². The average Bonchev–Trinajstić information content (AvgIpc) is 3.17. The van der Waals surface area contributed by atoms with Gasteiger partial charge in [-0.25, -0.2) is 4.79 Å².